The molecular weight excluding hydrogens is 332 g/mol. The van der Waals surface area contributed by atoms with Crippen LogP contribution in [0.2, 0.25) is 5.02 Å². The second-order valence-corrected chi connectivity index (χ2v) is 7.02. The van der Waals surface area contributed by atoms with E-state index in [1.54, 1.807) is 28.8 Å². The van der Waals surface area contributed by atoms with E-state index in [-0.39, 0.29) is 11.0 Å². The third-order valence-electron chi connectivity index (χ3n) is 3.38. The van der Waals surface area contributed by atoms with Gasteiger partial charge in [-0.3, -0.25) is 4.79 Å². The second-order valence-electron chi connectivity index (χ2n) is 5.28. The molecule has 3 rings (SSSR count). The van der Waals surface area contributed by atoms with Crippen LogP contribution in [0.25, 0.3) is 5.78 Å². The Morgan fingerprint density at radius 1 is 1.22 bits per heavy atom. The number of carbonyl (C=O) groups is 1. The molecule has 2 heterocycles. The van der Waals surface area contributed by atoms with Gasteiger partial charge in [-0.25, -0.2) is 9.50 Å². The van der Waals surface area contributed by atoms with Crippen LogP contribution in [-0.4, -0.2) is 30.6 Å². The fourth-order valence-corrected chi connectivity index (χ4v) is 3.21. The van der Waals surface area contributed by atoms with E-state index in [0.717, 1.165) is 11.4 Å². The number of halogens is 1. The highest BCUT2D eigenvalue weighted by Gasteiger charge is 2.19. The molecule has 0 amide bonds. The summed E-state index contributed by atoms with van der Waals surface area (Å²) in [6.07, 6.45) is 0. The Hall–Kier alpha value is -1.92. The van der Waals surface area contributed by atoms with Crippen molar-refractivity contribution < 1.29 is 4.79 Å². The van der Waals surface area contributed by atoms with E-state index in [1.807, 2.05) is 26.8 Å². The van der Waals surface area contributed by atoms with Crippen molar-refractivity contribution in [3.63, 3.8) is 0 Å². The molecule has 2 aromatic heterocycles. The van der Waals surface area contributed by atoms with Crippen LogP contribution in [0.3, 0.4) is 0 Å². The average molecular weight is 347 g/mol. The Bertz CT molecular complexity index is 876. The fraction of sp³-hybridized carbons (Fsp3) is 0.250. The lowest BCUT2D eigenvalue weighted by atomic mass is 10.1. The minimum atomic E-state index is -0.296. The van der Waals surface area contributed by atoms with Gasteiger partial charge in [0.2, 0.25) is 5.16 Å². The van der Waals surface area contributed by atoms with Crippen molar-refractivity contribution in [1.82, 2.24) is 19.6 Å². The monoisotopic (exact) mass is 346 g/mol. The Morgan fingerprint density at radius 2 is 1.91 bits per heavy atom. The lowest BCUT2D eigenvalue weighted by Crippen LogP contribution is -2.13. The molecule has 0 saturated heterocycles. The average Bonchev–Trinajstić information content (AvgIpc) is 2.90. The summed E-state index contributed by atoms with van der Waals surface area (Å²) in [5.74, 6) is 0.572. The van der Waals surface area contributed by atoms with E-state index in [2.05, 4.69) is 15.1 Å². The highest BCUT2D eigenvalue weighted by Crippen LogP contribution is 2.24. The van der Waals surface area contributed by atoms with Crippen molar-refractivity contribution in [3.05, 3.63) is 52.3 Å². The Balaban J connectivity index is 1.82. The first-order valence-electron chi connectivity index (χ1n) is 7.11. The maximum absolute atomic E-state index is 12.5. The number of ketones is 1. The highest BCUT2D eigenvalue weighted by atomic mass is 35.5. The molecule has 0 aliphatic rings. The number of aromatic nitrogens is 4. The molecule has 0 bridgehead atoms. The smallest absolute Gasteiger partial charge is 0.253 e. The van der Waals surface area contributed by atoms with Gasteiger partial charge in [-0.2, -0.15) is 4.98 Å². The minimum Gasteiger partial charge on any atom is -0.293 e. The number of Topliss-reactive ketones (excluding diaryl/α,β-unsaturated/α-hetero) is 1. The highest BCUT2D eigenvalue weighted by molar-refractivity contribution is 8.00. The van der Waals surface area contributed by atoms with Gasteiger partial charge in [-0.15, -0.1) is 5.10 Å². The molecule has 7 heteroatoms. The van der Waals surface area contributed by atoms with Crippen LogP contribution < -0.4 is 0 Å². The molecule has 0 saturated carbocycles. The van der Waals surface area contributed by atoms with Gasteiger partial charge in [-0.05, 0) is 51.1 Å². The van der Waals surface area contributed by atoms with Crippen molar-refractivity contribution in [3.8, 4) is 0 Å². The van der Waals surface area contributed by atoms with Crippen LogP contribution in [0, 0.1) is 13.8 Å². The van der Waals surface area contributed by atoms with E-state index in [1.165, 1.54) is 11.8 Å². The molecule has 118 valence electrons. The van der Waals surface area contributed by atoms with Crippen LogP contribution in [0.15, 0.2) is 35.5 Å². The van der Waals surface area contributed by atoms with Gasteiger partial charge in [0.05, 0.1) is 5.25 Å². The summed E-state index contributed by atoms with van der Waals surface area (Å²) in [5, 5.41) is 5.27. The molecule has 23 heavy (non-hydrogen) atoms. The molecular formula is C16H15ClN4OS. The summed E-state index contributed by atoms with van der Waals surface area (Å²) in [7, 11) is 0. The molecule has 5 nitrogen and oxygen atoms in total. The third kappa shape index (κ3) is 3.38. The maximum atomic E-state index is 12.5. The molecule has 0 fully saturated rings. The number of benzene rings is 1. The molecule has 1 unspecified atom stereocenters. The summed E-state index contributed by atoms with van der Waals surface area (Å²) in [5.41, 5.74) is 2.48. The van der Waals surface area contributed by atoms with Gasteiger partial charge in [0.25, 0.3) is 5.78 Å². The molecule has 0 spiro atoms. The third-order valence-corrected chi connectivity index (χ3v) is 4.58. The zero-order valence-electron chi connectivity index (χ0n) is 12.9. The first kappa shape index (κ1) is 16.0. The van der Waals surface area contributed by atoms with Crippen LogP contribution >= 0.6 is 23.4 Å². The van der Waals surface area contributed by atoms with Gasteiger partial charge >= 0.3 is 0 Å². The van der Waals surface area contributed by atoms with Crippen LogP contribution in [-0.2, 0) is 0 Å². The maximum Gasteiger partial charge on any atom is 0.253 e. The van der Waals surface area contributed by atoms with Crippen LogP contribution in [0.4, 0.5) is 0 Å². The topological polar surface area (TPSA) is 60.2 Å². The first-order valence-corrected chi connectivity index (χ1v) is 8.37. The van der Waals surface area contributed by atoms with Crippen molar-refractivity contribution in [1.29, 1.82) is 0 Å². The quantitative estimate of drug-likeness (QED) is 0.531. The lowest BCUT2D eigenvalue weighted by molar-refractivity contribution is 0.0994. The van der Waals surface area contributed by atoms with Gasteiger partial charge in [0, 0.05) is 22.0 Å². The minimum absolute atomic E-state index is 0.0198. The van der Waals surface area contributed by atoms with Crippen molar-refractivity contribution in [2.45, 2.75) is 31.2 Å². The molecule has 3 aromatic rings. The normalized spacial score (nSPS) is 12.5. The van der Waals surface area contributed by atoms with Crippen molar-refractivity contribution in [2.24, 2.45) is 0 Å². The van der Waals surface area contributed by atoms with Gasteiger partial charge in [0.1, 0.15) is 0 Å². The summed E-state index contributed by atoms with van der Waals surface area (Å²) >= 11 is 7.18. The zero-order chi connectivity index (χ0) is 16.6. The van der Waals surface area contributed by atoms with Crippen LogP contribution in [0.5, 0.6) is 0 Å². The van der Waals surface area contributed by atoms with Crippen molar-refractivity contribution >= 4 is 34.9 Å². The van der Waals surface area contributed by atoms with Gasteiger partial charge < -0.3 is 0 Å². The Labute approximate surface area is 143 Å². The van der Waals surface area contributed by atoms with E-state index < -0.39 is 0 Å². The fourth-order valence-electron chi connectivity index (χ4n) is 2.26. The number of nitrogens with zero attached hydrogens (tertiary/aromatic N) is 4. The number of fused-ring (bicyclic) bond motifs is 1. The van der Waals surface area contributed by atoms with Crippen molar-refractivity contribution in [2.75, 3.05) is 0 Å². The van der Waals surface area contributed by atoms with E-state index >= 15 is 0 Å². The molecule has 0 N–H and O–H groups in total. The summed E-state index contributed by atoms with van der Waals surface area (Å²) in [4.78, 5) is 21.2. The number of thioether (sulfide) groups is 1. The number of rotatable bonds is 4. The standard InChI is InChI=1S/C16H15ClN4OS/c1-9-8-10(2)21-15(18-9)19-16(20-21)23-11(3)14(22)12-4-6-13(17)7-5-12/h4-8,11H,1-3H3. The molecule has 0 radical (unpaired) electrons. The predicted molar refractivity (Wildman–Crippen MR) is 91.4 cm³/mol. The van der Waals surface area contributed by atoms with E-state index in [0.29, 0.717) is 21.5 Å². The van der Waals surface area contributed by atoms with E-state index in [9.17, 15) is 4.79 Å². The number of hydrogen-bond acceptors (Lipinski definition) is 5. The Kier molecular flexibility index (Phi) is 4.37. The molecule has 1 atom stereocenters. The second kappa shape index (κ2) is 6.29. The summed E-state index contributed by atoms with van der Waals surface area (Å²) < 4.78 is 1.69. The zero-order valence-corrected chi connectivity index (χ0v) is 14.5. The number of aryl methyl sites for hydroxylation is 2. The van der Waals surface area contributed by atoms with Gasteiger partial charge in [-0.1, -0.05) is 23.4 Å². The molecule has 0 aliphatic heterocycles. The predicted octanol–water partition coefficient (Wildman–Crippen LogP) is 3.76. The SMILES string of the molecule is Cc1cc(C)n2nc(SC(C)C(=O)c3ccc(Cl)cc3)nc2n1. The Morgan fingerprint density at radius 3 is 2.61 bits per heavy atom. The number of carbonyl (C=O) groups excluding carboxylic acids is 1. The van der Waals surface area contributed by atoms with Crippen LogP contribution in [0.1, 0.15) is 28.7 Å². The number of hydrogen-bond donors (Lipinski definition) is 0. The lowest BCUT2D eigenvalue weighted by Gasteiger charge is -2.07. The van der Waals surface area contributed by atoms with Gasteiger partial charge in [0.15, 0.2) is 5.78 Å². The largest absolute Gasteiger partial charge is 0.293 e. The van der Waals surface area contributed by atoms with E-state index in [4.69, 9.17) is 11.6 Å². The summed E-state index contributed by atoms with van der Waals surface area (Å²) in [6, 6.07) is 8.83. The molecule has 1 aromatic carbocycles. The first-order chi connectivity index (χ1) is 10.9. The molecule has 0 aliphatic carbocycles. The summed E-state index contributed by atoms with van der Waals surface area (Å²) in [6.45, 7) is 5.72.